The summed E-state index contributed by atoms with van der Waals surface area (Å²) in [5.74, 6) is 0.660. The first kappa shape index (κ1) is 25.3. The van der Waals surface area contributed by atoms with E-state index in [9.17, 15) is 10.1 Å². The number of carbonyl (C=O) groups excluding carboxylic acids is 1. The molecule has 1 fully saturated rings. The molecule has 176 valence electrons. The Labute approximate surface area is 204 Å². The number of nitrogens with zero attached hydrogens (tertiary/aromatic N) is 1. The topological polar surface area (TPSA) is 50.1 Å². The molecule has 0 bridgehead atoms. The summed E-state index contributed by atoms with van der Waals surface area (Å²) in [5.41, 5.74) is 3.48. The summed E-state index contributed by atoms with van der Waals surface area (Å²) in [7, 11) is 0. The van der Waals surface area contributed by atoms with E-state index in [1.807, 2.05) is 38.1 Å². The zero-order valence-electron chi connectivity index (χ0n) is 20.1. The van der Waals surface area contributed by atoms with Crippen molar-refractivity contribution in [2.45, 2.75) is 83.4 Å². The molecule has 0 N–H and O–H groups in total. The number of unbranched alkanes of at least 4 members (excludes halogenated alkanes) is 2. The van der Waals surface area contributed by atoms with Crippen molar-refractivity contribution >= 4 is 17.6 Å². The molecular formula is C29H36ClNO2. The molecule has 1 aliphatic rings. The highest BCUT2D eigenvalue weighted by atomic mass is 35.5. The van der Waals surface area contributed by atoms with E-state index in [2.05, 4.69) is 37.3 Å². The number of esters is 1. The van der Waals surface area contributed by atoms with Crippen LogP contribution >= 0.6 is 11.6 Å². The fourth-order valence-electron chi connectivity index (χ4n) is 4.74. The van der Waals surface area contributed by atoms with E-state index in [1.54, 1.807) is 0 Å². The fraction of sp³-hybridized carbons (Fsp3) is 0.517. The molecule has 0 aliphatic heterocycles. The predicted octanol–water partition coefficient (Wildman–Crippen LogP) is 8.27. The van der Waals surface area contributed by atoms with Crippen molar-refractivity contribution in [3.8, 4) is 22.9 Å². The third-order valence-corrected chi connectivity index (χ3v) is 7.72. The summed E-state index contributed by atoms with van der Waals surface area (Å²) in [6.45, 7) is 6.01. The predicted molar refractivity (Wildman–Crippen MR) is 135 cm³/mol. The van der Waals surface area contributed by atoms with Crippen molar-refractivity contribution in [3.05, 3.63) is 54.1 Å². The summed E-state index contributed by atoms with van der Waals surface area (Å²) < 4.78 is 5.39. The molecule has 0 radical (unpaired) electrons. The van der Waals surface area contributed by atoms with Crippen LogP contribution in [-0.2, 0) is 4.79 Å². The average molecular weight is 466 g/mol. The Morgan fingerprint density at radius 2 is 1.64 bits per heavy atom. The van der Waals surface area contributed by atoms with Gasteiger partial charge in [0, 0.05) is 0 Å². The molecule has 3 nitrogen and oxygen atoms in total. The first-order valence-electron chi connectivity index (χ1n) is 12.3. The number of benzene rings is 2. The molecule has 0 amide bonds. The van der Waals surface area contributed by atoms with Crippen LogP contribution in [0, 0.1) is 22.7 Å². The van der Waals surface area contributed by atoms with Gasteiger partial charge in [0.2, 0.25) is 0 Å². The number of nitriles is 1. The van der Waals surface area contributed by atoms with Gasteiger partial charge in [-0.2, -0.15) is 5.26 Å². The lowest BCUT2D eigenvalue weighted by atomic mass is 9.67. The smallest absolute Gasteiger partial charge is 0.329 e. The Morgan fingerprint density at radius 1 is 1.06 bits per heavy atom. The van der Waals surface area contributed by atoms with Crippen LogP contribution in [0.25, 0.3) is 11.1 Å². The Kier molecular flexibility index (Phi) is 8.98. The first-order chi connectivity index (χ1) is 15.9. The van der Waals surface area contributed by atoms with Gasteiger partial charge in [0.1, 0.15) is 11.1 Å². The highest BCUT2D eigenvalue weighted by Gasteiger charge is 2.35. The molecule has 4 heteroatoms. The molecule has 0 heterocycles. The Balaban J connectivity index is 1.58. The van der Waals surface area contributed by atoms with Gasteiger partial charge >= 0.3 is 5.97 Å². The van der Waals surface area contributed by atoms with Crippen LogP contribution in [0.4, 0.5) is 0 Å². The molecule has 1 saturated carbocycles. The third-order valence-electron chi connectivity index (χ3n) is 7.04. The lowest BCUT2D eigenvalue weighted by Crippen LogP contribution is -2.25. The third kappa shape index (κ3) is 6.61. The van der Waals surface area contributed by atoms with Crippen molar-refractivity contribution in [2.24, 2.45) is 11.3 Å². The standard InChI is InChI=1S/C29H36ClNO2/c1-4-5-6-17-29(20-31)18-15-25(16-19-29)23-9-7-22(8-10-23)24-11-13-26(14-12-24)33-28(32)27(30)21(2)3/h7-14,21,25,27H,4-6,15-19H2,1-3H3. The Hall–Kier alpha value is -2.31. The van der Waals surface area contributed by atoms with Gasteiger partial charge < -0.3 is 4.74 Å². The van der Waals surface area contributed by atoms with Gasteiger partial charge in [-0.3, -0.25) is 4.79 Å². The van der Waals surface area contributed by atoms with Crippen molar-refractivity contribution in [1.82, 2.24) is 0 Å². The summed E-state index contributed by atoms with van der Waals surface area (Å²) in [5, 5.41) is 9.15. The van der Waals surface area contributed by atoms with E-state index in [-0.39, 0.29) is 11.3 Å². The van der Waals surface area contributed by atoms with Crippen LogP contribution in [0.3, 0.4) is 0 Å². The SMILES string of the molecule is CCCCCC1(C#N)CCC(c2ccc(-c3ccc(OC(=O)C(Cl)C(C)C)cc3)cc2)CC1. The highest BCUT2D eigenvalue weighted by molar-refractivity contribution is 6.30. The maximum Gasteiger partial charge on any atom is 0.329 e. The number of carbonyl (C=O) groups is 1. The van der Waals surface area contributed by atoms with Crippen LogP contribution in [-0.4, -0.2) is 11.3 Å². The number of rotatable bonds is 9. The minimum absolute atomic E-state index is 0.0264. The molecule has 0 aromatic heterocycles. The second-order valence-corrected chi connectivity index (χ2v) is 10.3. The normalized spacial score (nSPS) is 21.4. The monoisotopic (exact) mass is 465 g/mol. The largest absolute Gasteiger partial charge is 0.425 e. The van der Waals surface area contributed by atoms with E-state index in [0.29, 0.717) is 11.7 Å². The second-order valence-electron chi connectivity index (χ2n) is 9.84. The molecule has 33 heavy (non-hydrogen) atoms. The van der Waals surface area contributed by atoms with Gasteiger partial charge in [-0.15, -0.1) is 11.6 Å². The molecule has 2 aromatic rings. The van der Waals surface area contributed by atoms with Crippen LogP contribution in [0.1, 0.15) is 83.6 Å². The highest BCUT2D eigenvalue weighted by Crippen LogP contribution is 2.45. The molecule has 0 saturated heterocycles. The molecule has 1 unspecified atom stereocenters. The molecule has 1 aliphatic carbocycles. The number of ether oxygens (including phenoxy) is 1. The van der Waals surface area contributed by atoms with E-state index in [0.717, 1.165) is 43.2 Å². The van der Waals surface area contributed by atoms with Crippen molar-refractivity contribution < 1.29 is 9.53 Å². The van der Waals surface area contributed by atoms with E-state index < -0.39 is 11.3 Å². The lowest BCUT2D eigenvalue weighted by molar-refractivity contribution is -0.134. The fourth-order valence-corrected chi connectivity index (χ4v) is 4.79. The van der Waals surface area contributed by atoms with Crippen molar-refractivity contribution in [3.63, 3.8) is 0 Å². The van der Waals surface area contributed by atoms with Crippen LogP contribution in [0.5, 0.6) is 5.75 Å². The van der Waals surface area contributed by atoms with E-state index in [1.165, 1.54) is 24.8 Å². The number of alkyl halides is 1. The summed E-state index contributed by atoms with van der Waals surface area (Å²) in [6, 6.07) is 19.0. The molecule has 3 rings (SSSR count). The summed E-state index contributed by atoms with van der Waals surface area (Å²) >= 11 is 6.08. The number of halogens is 1. The Morgan fingerprint density at radius 3 is 2.15 bits per heavy atom. The van der Waals surface area contributed by atoms with E-state index in [4.69, 9.17) is 16.3 Å². The Bertz CT molecular complexity index is 935. The average Bonchev–Trinajstić information content (AvgIpc) is 2.84. The van der Waals surface area contributed by atoms with Crippen LogP contribution in [0.15, 0.2) is 48.5 Å². The number of hydrogen-bond acceptors (Lipinski definition) is 3. The quantitative estimate of drug-likeness (QED) is 0.162. The maximum absolute atomic E-state index is 12.0. The minimum atomic E-state index is -0.647. The van der Waals surface area contributed by atoms with Gasteiger partial charge in [-0.05, 0) is 72.8 Å². The van der Waals surface area contributed by atoms with Crippen LogP contribution in [0.2, 0.25) is 0 Å². The molecule has 0 spiro atoms. The van der Waals surface area contributed by atoms with Gasteiger partial charge in [-0.25, -0.2) is 0 Å². The van der Waals surface area contributed by atoms with Crippen molar-refractivity contribution in [1.29, 1.82) is 5.26 Å². The maximum atomic E-state index is 12.0. The summed E-state index contributed by atoms with van der Waals surface area (Å²) in [4.78, 5) is 12.0. The molecule has 1 atom stereocenters. The first-order valence-corrected chi connectivity index (χ1v) is 12.8. The van der Waals surface area contributed by atoms with Gasteiger partial charge in [0.05, 0.1) is 11.5 Å². The van der Waals surface area contributed by atoms with Gasteiger partial charge in [0.25, 0.3) is 0 Å². The van der Waals surface area contributed by atoms with E-state index >= 15 is 0 Å². The molecular weight excluding hydrogens is 430 g/mol. The summed E-state index contributed by atoms with van der Waals surface area (Å²) in [6.07, 6.45) is 8.87. The second kappa shape index (κ2) is 11.7. The van der Waals surface area contributed by atoms with Gasteiger partial charge in [-0.1, -0.05) is 76.4 Å². The zero-order valence-corrected chi connectivity index (χ0v) is 20.9. The zero-order chi connectivity index (χ0) is 23.8. The number of hydrogen-bond donors (Lipinski definition) is 0. The minimum Gasteiger partial charge on any atom is -0.425 e. The van der Waals surface area contributed by atoms with Gasteiger partial charge in [0.15, 0.2) is 0 Å². The van der Waals surface area contributed by atoms with Crippen molar-refractivity contribution in [2.75, 3.05) is 0 Å². The molecule has 2 aromatic carbocycles. The van der Waals surface area contributed by atoms with Crippen LogP contribution < -0.4 is 4.74 Å². The lowest BCUT2D eigenvalue weighted by Gasteiger charge is -2.35.